The Balaban J connectivity index is 1.27. The second kappa shape index (κ2) is 7.60. The fraction of sp³-hybridized carbons (Fsp3) is 0.619. The third-order valence-corrected chi connectivity index (χ3v) is 6.07. The number of likely N-dealkylation sites (tertiary alicyclic amines) is 2. The summed E-state index contributed by atoms with van der Waals surface area (Å²) in [6.45, 7) is 6.28. The van der Waals surface area contributed by atoms with Gasteiger partial charge in [-0.3, -0.25) is 9.59 Å². The Kier molecular flexibility index (Phi) is 5.19. The molecule has 3 fully saturated rings. The molecule has 0 aliphatic carbocycles. The summed E-state index contributed by atoms with van der Waals surface area (Å²) in [5.74, 6) is 0.388. The maximum absolute atomic E-state index is 12.7. The Morgan fingerprint density at radius 3 is 2.74 bits per heavy atom. The molecule has 1 atom stereocenters. The minimum Gasteiger partial charge on any atom is -0.371 e. The molecule has 3 aliphatic heterocycles. The molecule has 1 aromatic rings. The van der Waals surface area contributed by atoms with Crippen molar-refractivity contribution in [3.8, 4) is 0 Å². The van der Waals surface area contributed by atoms with Gasteiger partial charge in [0.25, 0.3) is 5.91 Å². The molecule has 4 rings (SSSR count). The topological polar surface area (TPSA) is 59.1 Å². The smallest absolute Gasteiger partial charge is 0.254 e. The number of hydrogen-bond donors (Lipinski definition) is 0. The van der Waals surface area contributed by atoms with E-state index < -0.39 is 0 Å². The van der Waals surface area contributed by atoms with Gasteiger partial charge in [0, 0.05) is 31.2 Å². The van der Waals surface area contributed by atoms with Crippen LogP contribution in [0.3, 0.4) is 0 Å². The Bertz CT molecular complexity index is 708. The van der Waals surface area contributed by atoms with E-state index in [0.29, 0.717) is 26.3 Å². The van der Waals surface area contributed by atoms with Crippen LogP contribution >= 0.6 is 0 Å². The van der Waals surface area contributed by atoms with Crippen LogP contribution in [-0.4, -0.2) is 73.2 Å². The molecule has 2 amide bonds. The van der Waals surface area contributed by atoms with E-state index in [-0.39, 0.29) is 29.9 Å². The average Bonchev–Trinajstić information content (AvgIpc) is 3.30. The highest BCUT2D eigenvalue weighted by Gasteiger charge is 2.54. The van der Waals surface area contributed by atoms with Crippen molar-refractivity contribution < 1.29 is 19.1 Å². The molecule has 1 spiro atoms. The van der Waals surface area contributed by atoms with Gasteiger partial charge in [-0.05, 0) is 38.3 Å². The number of amides is 2. The summed E-state index contributed by atoms with van der Waals surface area (Å²) in [6.07, 6.45) is 3.11. The molecule has 0 bridgehead atoms. The van der Waals surface area contributed by atoms with Gasteiger partial charge in [0.2, 0.25) is 5.91 Å². The molecule has 3 saturated heterocycles. The van der Waals surface area contributed by atoms with Gasteiger partial charge >= 0.3 is 0 Å². The average molecular weight is 372 g/mol. The Labute approximate surface area is 160 Å². The highest BCUT2D eigenvalue weighted by Crippen LogP contribution is 2.40. The number of aryl methyl sites for hydroxylation is 1. The molecule has 0 aromatic heterocycles. The molecule has 146 valence electrons. The van der Waals surface area contributed by atoms with Gasteiger partial charge < -0.3 is 19.3 Å². The van der Waals surface area contributed by atoms with Crippen LogP contribution in [0.1, 0.15) is 35.2 Å². The van der Waals surface area contributed by atoms with E-state index in [0.717, 1.165) is 43.5 Å². The molecular weight excluding hydrogens is 344 g/mol. The van der Waals surface area contributed by atoms with Crippen molar-refractivity contribution in [1.29, 1.82) is 0 Å². The first-order valence-corrected chi connectivity index (χ1v) is 9.93. The van der Waals surface area contributed by atoms with Gasteiger partial charge in [-0.2, -0.15) is 0 Å². The zero-order valence-electron chi connectivity index (χ0n) is 16.0. The summed E-state index contributed by atoms with van der Waals surface area (Å²) in [5.41, 5.74) is 1.52. The van der Waals surface area contributed by atoms with E-state index in [2.05, 4.69) is 0 Å². The molecule has 1 aromatic carbocycles. The maximum Gasteiger partial charge on any atom is 0.254 e. The lowest BCUT2D eigenvalue weighted by atomic mass is 9.81. The Morgan fingerprint density at radius 1 is 1.22 bits per heavy atom. The summed E-state index contributed by atoms with van der Waals surface area (Å²) in [4.78, 5) is 28.5. The molecule has 6 heteroatoms. The van der Waals surface area contributed by atoms with Crippen molar-refractivity contribution in [2.24, 2.45) is 5.92 Å². The Morgan fingerprint density at radius 2 is 2.00 bits per heavy atom. The molecule has 0 radical (unpaired) electrons. The van der Waals surface area contributed by atoms with Gasteiger partial charge in [-0.25, -0.2) is 0 Å². The summed E-state index contributed by atoms with van der Waals surface area (Å²) in [5, 5.41) is 0. The van der Waals surface area contributed by atoms with Crippen LogP contribution in [0, 0.1) is 12.8 Å². The molecule has 3 aliphatic rings. The number of carbonyl (C=O) groups is 2. The number of carbonyl (C=O) groups excluding carboxylic acids is 2. The molecule has 6 nitrogen and oxygen atoms in total. The zero-order chi connectivity index (χ0) is 18.9. The fourth-order valence-electron chi connectivity index (χ4n) is 4.42. The summed E-state index contributed by atoms with van der Waals surface area (Å²) in [6, 6.07) is 7.69. The van der Waals surface area contributed by atoms with Gasteiger partial charge in [-0.1, -0.05) is 17.7 Å². The van der Waals surface area contributed by atoms with E-state index in [9.17, 15) is 9.59 Å². The SMILES string of the molecule is Cc1cccc(C(=O)N2CC3(C2)OCC[C@H]3COCC(=O)N2CCCC2)c1. The summed E-state index contributed by atoms with van der Waals surface area (Å²) < 4.78 is 11.8. The van der Waals surface area contributed by atoms with Crippen LogP contribution in [0.5, 0.6) is 0 Å². The van der Waals surface area contributed by atoms with Crippen LogP contribution in [0.2, 0.25) is 0 Å². The lowest BCUT2D eigenvalue weighted by Crippen LogP contribution is -2.66. The second-order valence-electron chi connectivity index (χ2n) is 8.03. The number of rotatable bonds is 5. The Hall–Kier alpha value is -1.92. The molecule has 3 heterocycles. The first kappa shape index (κ1) is 18.4. The highest BCUT2D eigenvalue weighted by molar-refractivity contribution is 5.95. The number of hydrogen-bond acceptors (Lipinski definition) is 4. The number of benzene rings is 1. The minimum absolute atomic E-state index is 0.0590. The van der Waals surface area contributed by atoms with Crippen molar-refractivity contribution in [1.82, 2.24) is 9.80 Å². The van der Waals surface area contributed by atoms with E-state index >= 15 is 0 Å². The first-order valence-electron chi connectivity index (χ1n) is 9.93. The fourth-order valence-corrected chi connectivity index (χ4v) is 4.42. The van der Waals surface area contributed by atoms with Gasteiger partial charge in [0.05, 0.1) is 19.7 Å². The van der Waals surface area contributed by atoms with Crippen LogP contribution < -0.4 is 0 Å². The zero-order valence-corrected chi connectivity index (χ0v) is 16.0. The standard InChI is InChI=1S/C21H28N2O4/c1-16-5-4-6-17(11-16)20(25)23-14-21(15-23)18(7-10-27-21)12-26-13-19(24)22-8-2-3-9-22/h4-6,11,18H,2-3,7-10,12-15H2,1H3/t18-/m0/s1. The summed E-state index contributed by atoms with van der Waals surface area (Å²) in [7, 11) is 0. The quantitative estimate of drug-likeness (QED) is 0.792. The van der Waals surface area contributed by atoms with Crippen LogP contribution in [0.25, 0.3) is 0 Å². The monoisotopic (exact) mass is 372 g/mol. The van der Waals surface area contributed by atoms with Crippen LogP contribution in [-0.2, 0) is 14.3 Å². The number of nitrogens with zero attached hydrogens (tertiary/aromatic N) is 2. The van der Waals surface area contributed by atoms with Crippen molar-refractivity contribution in [3.63, 3.8) is 0 Å². The van der Waals surface area contributed by atoms with Crippen LogP contribution in [0.15, 0.2) is 24.3 Å². The van der Waals surface area contributed by atoms with Gasteiger partial charge in [0.1, 0.15) is 12.2 Å². The van der Waals surface area contributed by atoms with Crippen molar-refractivity contribution in [2.75, 3.05) is 46.0 Å². The molecule has 27 heavy (non-hydrogen) atoms. The van der Waals surface area contributed by atoms with E-state index in [1.165, 1.54) is 0 Å². The minimum atomic E-state index is -0.295. The van der Waals surface area contributed by atoms with E-state index in [1.807, 2.05) is 41.0 Å². The van der Waals surface area contributed by atoms with Gasteiger partial charge in [0.15, 0.2) is 0 Å². The maximum atomic E-state index is 12.7. The number of ether oxygens (including phenoxy) is 2. The van der Waals surface area contributed by atoms with Crippen molar-refractivity contribution in [2.45, 2.75) is 31.8 Å². The molecule has 0 unspecified atom stereocenters. The van der Waals surface area contributed by atoms with E-state index in [1.54, 1.807) is 0 Å². The predicted molar refractivity (Wildman–Crippen MR) is 101 cm³/mol. The highest BCUT2D eigenvalue weighted by atomic mass is 16.5. The van der Waals surface area contributed by atoms with Crippen molar-refractivity contribution >= 4 is 11.8 Å². The molecule has 0 N–H and O–H groups in total. The van der Waals surface area contributed by atoms with Crippen molar-refractivity contribution in [3.05, 3.63) is 35.4 Å². The second-order valence-corrected chi connectivity index (χ2v) is 8.03. The predicted octanol–water partition coefficient (Wildman–Crippen LogP) is 1.87. The lowest BCUT2D eigenvalue weighted by Gasteiger charge is -2.50. The van der Waals surface area contributed by atoms with E-state index in [4.69, 9.17) is 9.47 Å². The summed E-state index contributed by atoms with van der Waals surface area (Å²) >= 11 is 0. The largest absolute Gasteiger partial charge is 0.371 e. The normalized spacial score (nSPS) is 23.7. The first-order chi connectivity index (χ1) is 13.1. The van der Waals surface area contributed by atoms with Gasteiger partial charge in [-0.15, -0.1) is 0 Å². The third kappa shape index (κ3) is 3.73. The molecular formula is C21H28N2O4. The lowest BCUT2D eigenvalue weighted by molar-refractivity contribution is -0.142. The van der Waals surface area contributed by atoms with Crippen LogP contribution in [0.4, 0.5) is 0 Å². The molecule has 0 saturated carbocycles. The third-order valence-electron chi connectivity index (χ3n) is 6.07.